The molecule has 1 amide bonds. The maximum Gasteiger partial charge on any atom is 0.254 e. The molecule has 132 valence electrons. The molecule has 1 aliphatic rings. The maximum absolute atomic E-state index is 14.0. The first-order valence-corrected chi connectivity index (χ1v) is 8.29. The van der Waals surface area contributed by atoms with Crippen molar-refractivity contribution in [3.8, 4) is 0 Å². The molecule has 0 spiro atoms. The second-order valence-electron chi connectivity index (χ2n) is 6.30. The Morgan fingerprint density at radius 3 is 2.44 bits per heavy atom. The SMILES string of the molecule is CC(c1ccc(F)cc1F)N1CCN(C(=O)c2cccc(N)c2)CC1. The molecule has 1 aliphatic heterocycles. The van der Waals surface area contributed by atoms with E-state index >= 15 is 0 Å². The van der Waals surface area contributed by atoms with E-state index in [1.807, 2.05) is 6.92 Å². The highest BCUT2D eigenvalue weighted by atomic mass is 19.1. The van der Waals surface area contributed by atoms with Crippen LogP contribution in [0, 0.1) is 11.6 Å². The van der Waals surface area contributed by atoms with Crippen molar-refractivity contribution in [2.24, 2.45) is 0 Å². The molecular weight excluding hydrogens is 324 g/mol. The van der Waals surface area contributed by atoms with Gasteiger partial charge in [-0.1, -0.05) is 12.1 Å². The van der Waals surface area contributed by atoms with Crippen LogP contribution >= 0.6 is 0 Å². The van der Waals surface area contributed by atoms with E-state index in [1.54, 1.807) is 29.2 Å². The number of carbonyl (C=O) groups is 1. The zero-order chi connectivity index (χ0) is 18.0. The van der Waals surface area contributed by atoms with Crippen molar-refractivity contribution in [2.75, 3.05) is 31.9 Å². The number of hydrogen-bond acceptors (Lipinski definition) is 3. The predicted molar refractivity (Wildman–Crippen MR) is 93.1 cm³/mol. The quantitative estimate of drug-likeness (QED) is 0.870. The minimum Gasteiger partial charge on any atom is -0.399 e. The Kier molecular flexibility index (Phi) is 4.99. The lowest BCUT2D eigenvalue weighted by atomic mass is 10.0. The lowest BCUT2D eigenvalue weighted by Crippen LogP contribution is -2.49. The first-order valence-electron chi connectivity index (χ1n) is 8.29. The average Bonchev–Trinajstić information content (AvgIpc) is 2.61. The van der Waals surface area contributed by atoms with Crippen LogP contribution in [-0.2, 0) is 0 Å². The summed E-state index contributed by atoms with van der Waals surface area (Å²) in [5, 5.41) is 0. The zero-order valence-corrected chi connectivity index (χ0v) is 14.1. The molecule has 1 fully saturated rings. The molecule has 0 saturated carbocycles. The molecule has 2 aromatic rings. The van der Waals surface area contributed by atoms with E-state index in [2.05, 4.69) is 4.90 Å². The summed E-state index contributed by atoms with van der Waals surface area (Å²) in [5.74, 6) is -1.16. The van der Waals surface area contributed by atoms with Gasteiger partial charge in [-0.05, 0) is 31.2 Å². The van der Waals surface area contributed by atoms with Crippen molar-refractivity contribution in [1.29, 1.82) is 0 Å². The molecule has 25 heavy (non-hydrogen) atoms. The highest BCUT2D eigenvalue weighted by Crippen LogP contribution is 2.25. The van der Waals surface area contributed by atoms with Crippen molar-refractivity contribution in [2.45, 2.75) is 13.0 Å². The molecule has 3 rings (SSSR count). The smallest absolute Gasteiger partial charge is 0.254 e. The number of anilines is 1. The highest BCUT2D eigenvalue weighted by Gasteiger charge is 2.26. The molecule has 0 aromatic heterocycles. The van der Waals surface area contributed by atoms with Crippen LogP contribution in [-0.4, -0.2) is 41.9 Å². The molecule has 1 saturated heterocycles. The van der Waals surface area contributed by atoms with Gasteiger partial charge in [0, 0.05) is 55.1 Å². The van der Waals surface area contributed by atoms with E-state index in [1.165, 1.54) is 12.1 Å². The minimum absolute atomic E-state index is 0.0486. The van der Waals surface area contributed by atoms with Crippen LogP contribution in [0.2, 0.25) is 0 Å². The number of nitrogen functional groups attached to an aromatic ring is 1. The van der Waals surface area contributed by atoms with Crippen LogP contribution in [0.4, 0.5) is 14.5 Å². The van der Waals surface area contributed by atoms with Crippen LogP contribution in [0.25, 0.3) is 0 Å². The molecule has 6 heteroatoms. The van der Waals surface area contributed by atoms with Gasteiger partial charge in [-0.25, -0.2) is 8.78 Å². The third kappa shape index (κ3) is 3.79. The van der Waals surface area contributed by atoms with Gasteiger partial charge in [0.15, 0.2) is 0 Å². The second-order valence-corrected chi connectivity index (χ2v) is 6.30. The number of benzene rings is 2. The summed E-state index contributed by atoms with van der Waals surface area (Å²) >= 11 is 0. The van der Waals surface area contributed by atoms with Crippen LogP contribution in [0.1, 0.15) is 28.9 Å². The Bertz CT molecular complexity index is 773. The maximum atomic E-state index is 14.0. The number of nitrogens with zero attached hydrogens (tertiary/aromatic N) is 2. The predicted octanol–water partition coefficient (Wildman–Crippen LogP) is 3.07. The van der Waals surface area contributed by atoms with Gasteiger partial charge in [0.2, 0.25) is 0 Å². The van der Waals surface area contributed by atoms with Crippen molar-refractivity contribution in [3.63, 3.8) is 0 Å². The van der Waals surface area contributed by atoms with Crippen molar-refractivity contribution in [1.82, 2.24) is 9.80 Å². The number of hydrogen-bond donors (Lipinski definition) is 1. The van der Waals surface area contributed by atoms with E-state index in [-0.39, 0.29) is 11.9 Å². The monoisotopic (exact) mass is 345 g/mol. The topological polar surface area (TPSA) is 49.6 Å². The summed E-state index contributed by atoms with van der Waals surface area (Å²) in [7, 11) is 0. The van der Waals surface area contributed by atoms with Gasteiger partial charge in [-0.15, -0.1) is 0 Å². The van der Waals surface area contributed by atoms with E-state index in [9.17, 15) is 13.6 Å². The number of carbonyl (C=O) groups excluding carboxylic acids is 1. The van der Waals surface area contributed by atoms with Crippen LogP contribution < -0.4 is 5.73 Å². The fourth-order valence-corrected chi connectivity index (χ4v) is 3.20. The first-order chi connectivity index (χ1) is 12.0. The third-order valence-electron chi connectivity index (χ3n) is 4.70. The minimum atomic E-state index is -0.578. The van der Waals surface area contributed by atoms with Gasteiger partial charge in [0.25, 0.3) is 5.91 Å². The van der Waals surface area contributed by atoms with E-state index in [0.717, 1.165) is 6.07 Å². The molecule has 2 N–H and O–H groups in total. The van der Waals surface area contributed by atoms with Gasteiger partial charge in [-0.3, -0.25) is 9.69 Å². The molecular formula is C19H21F2N3O. The number of nitrogens with two attached hydrogens (primary N) is 1. The summed E-state index contributed by atoms with van der Waals surface area (Å²) in [4.78, 5) is 16.4. The first kappa shape index (κ1) is 17.4. The molecule has 0 aliphatic carbocycles. The molecule has 2 aromatic carbocycles. The van der Waals surface area contributed by atoms with Crippen LogP contribution in [0.5, 0.6) is 0 Å². The number of amides is 1. The Balaban J connectivity index is 1.64. The molecule has 1 atom stereocenters. The van der Waals surface area contributed by atoms with Crippen molar-refractivity contribution in [3.05, 3.63) is 65.2 Å². The number of halogens is 2. The van der Waals surface area contributed by atoms with Gasteiger partial charge >= 0.3 is 0 Å². The largest absolute Gasteiger partial charge is 0.399 e. The number of rotatable bonds is 3. The lowest BCUT2D eigenvalue weighted by molar-refractivity contribution is 0.0579. The fourth-order valence-electron chi connectivity index (χ4n) is 3.20. The van der Waals surface area contributed by atoms with E-state index in [0.29, 0.717) is 43.0 Å². The summed E-state index contributed by atoms with van der Waals surface area (Å²) in [6, 6.07) is 10.4. The average molecular weight is 345 g/mol. The summed E-state index contributed by atoms with van der Waals surface area (Å²) < 4.78 is 27.1. The van der Waals surface area contributed by atoms with Crippen molar-refractivity contribution >= 4 is 11.6 Å². The van der Waals surface area contributed by atoms with Crippen molar-refractivity contribution < 1.29 is 13.6 Å². The van der Waals surface area contributed by atoms with E-state index < -0.39 is 11.6 Å². The normalized spacial score (nSPS) is 16.7. The molecule has 0 radical (unpaired) electrons. The summed E-state index contributed by atoms with van der Waals surface area (Å²) in [6.07, 6.45) is 0. The number of piperazine rings is 1. The molecule has 4 nitrogen and oxygen atoms in total. The molecule has 1 heterocycles. The van der Waals surface area contributed by atoms with E-state index in [4.69, 9.17) is 5.73 Å². The fraction of sp³-hybridized carbons (Fsp3) is 0.316. The Labute approximate surface area is 145 Å². The Morgan fingerprint density at radius 1 is 1.08 bits per heavy atom. The van der Waals surface area contributed by atoms with Gasteiger partial charge in [-0.2, -0.15) is 0 Å². The Morgan fingerprint density at radius 2 is 1.80 bits per heavy atom. The van der Waals surface area contributed by atoms with Gasteiger partial charge < -0.3 is 10.6 Å². The second kappa shape index (κ2) is 7.19. The molecule has 0 bridgehead atoms. The zero-order valence-electron chi connectivity index (χ0n) is 14.1. The van der Waals surface area contributed by atoms with Gasteiger partial charge in [0.1, 0.15) is 11.6 Å². The third-order valence-corrected chi connectivity index (χ3v) is 4.70. The lowest BCUT2D eigenvalue weighted by Gasteiger charge is -2.38. The highest BCUT2D eigenvalue weighted by molar-refractivity contribution is 5.95. The standard InChI is InChI=1S/C19H21F2N3O/c1-13(17-6-5-15(20)12-18(17)21)23-7-9-24(10-8-23)19(25)14-3-2-4-16(22)11-14/h2-6,11-13H,7-10,22H2,1H3. The summed E-state index contributed by atoms with van der Waals surface area (Å²) in [6.45, 7) is 4.27. The Hall–Kier alpha value is -2.47. The molecule has 1 unspecified atom stereocenters. The van der Waals surface area contributed by atoms with Gasteiger partial charge in [0.05, 0.1) is 0 Å². The van der Waals surface area contributed by atoms with Crippen LogP contribution in [0.15, 0.2) is 42.5 Å². The summed E-state index contributed by atoms with van der Waals surface area (Å²) in [5.41, 5.74) is 7.34. The van der Waals surface area contributed by atoms with Crippen LogP contribution in [0.3, 0.4) is 0 Å².